The summed E-state index contributed by atoms with van der Waals surface area (Å²) in [6.07, 6.45) is 0. The Kier molecular flexibility index (Phi) is 8.42. The summed E-state index contributed by atoms with van der Waals surface area (Å²) in [6.45, 7) is 6.40. The molecule has 7 aromatic carbocycles. The van der Waals surface area contributed by atoms with Gasteiger partial charge in [0.1, 0.15) is 22.5 Å². The molecule has 3 aromatic heterocycles. The van der Waals surface area contributed by atoms with Gasteiger partial charge in [0.05, 0.1) is 11.3 Å². The van der Waals surface area contributed by atoms with Crippen LogP contribution in [-0.4, -0.2) is 20.7 Å². The van der Waals surface area contributed by atoms with Gasteiger partial charge in [0, 0.05) is 44.0 Å². The number of benzene rings is 7. The van der Waals surface area contributed by atoms with Crippen LogP contribution >= 0.6 is 0 Å². The highest BCUT2D eigenvalue weighted by molar-refractivity contribution is 6.16. The third-order valence-corrected chi connectivity index (χ3v) is 10.3. The SMILES string of the molecule is C=C(N=C(c1ccccc1)c1oc2ccc(-c3cccc4c3oc3c(-c5nc(-c6ccccc6)nc(-c6ccccc6)n5)cccc34)cc2c1C)c1ccccc1. The number of hydrogen-bond acceptors (Lipinski definition) is 6. The van der Waals surface area contributed by atoms with E-state index in [-0.39, 0.29) is 0 Å². The summed E-state index contributed by atoms with van der Waals surface area (Å²) in [7, 11) is 0. The molecule has 0 aliphatic rings. The van der Waals surface area contributed by atoms with Crippen molar-refractivity contribution in [1.29, 1.82) is 0 Å². The Balaban J connectivity index is 1.10. The summed E-state index contributed by atoms with van der Waals surface area (Å²) in [5.74, 6) is 2.45. The van der Waals surface area contributed by atoms with Gasteiger partial charge in [-0.3, -0.25) is 0 Å². The Morgan fingerprint density at radius 3 is 1.61 bits per heavy atom. The second-order valence-corrected chi connectivity index (χ2v) is 13.9. The minimum absolute atomic E-state index is 0.544. The Morgan fingerprint density at radius 2 is 1.00 bits per heavy atom. The highest BCUT2D eigenvalue weighted by atomic mass is 16.3. The second kappa shape index (κ2) is 14.2. The van der Waals surface area contributed by atoms with E-state index in [1.165, 1.54) is 0 Å². The molecule has 0 N–H and O–H groups in total. The minimum Gasteiger partial charge on any atom is -0.455 e. The molecule has 0 spiro atoms. The molecule has 0 saturated heterocycles. The van der Waals surface area contributed by atoms with E-state index in [1.54, 1.807) is 0 Å². The third-order valence-electron chi connectivity index (χ3n) is 10.3. The first-order chi connectivity index (χ1) is 28.1. The molecule has 0 atom stereocenters. The van der Waals surface area contributed by atoms with Crippen molar-refractivity contribution in [1.82, 2.24) is 15.0 Å². The van der Waals surface area contributed by atoms with Crippen LogP contribution in [-0.2, 0) is 0 Å². The van der Waals surface area contributed by atoms with Crippen LogP contribution in [0.15, 0.2) is 196 Å². The number of furan rings is 2. The highest BCUT2D eigenvalue weighted by Crippen LogP contribution is 2.41. The van der Waals surface area contributed by atoms with E-state index in [0.29, 0.717) is 28.9 Å². The zero-order valence-electron chi connectivity index (χ0n) is 31.1. The maximum absolute atomic E-state index is 6.89. The molecule has 0 radical (unpaired) electrons. The highest BCUT2D eigenvalue weighted by Gasteiger charge is 2.22. The maximum atomic E-state index is 6.89. The fourth-order valence-corrected chi connectivity index (χ4v) is 7.44. The molecule has 0 saturated carbocycles. The summed E-state index contributed by atoms with van der Waals surface area (Å²) >= 11 is 0. The van der Waals surface area contributed by atoms with E-state index in [2.05, 4.69) is 49.9 Å². The lowest BCUT2D eigenvalue weighted by atomic mass is 9.98. The van der Waals surface area contributed by atoms with Gasteiger partial charge in [-0.2, -0.15) is 0 Å². The number of aliphatic imine (C=N–C) groups is 1. The van der Waals surface area contributed by atoms with E-state index in [4.69, 9.17) is 28.8 Å². The molecule has 0 amide bonds. The smallest absolute Gasteiger partial charge is 0.167 e. The number of fused-ring (bicyclic) bond motifs is 4. The Morgan fingerprint density at radius 1 is 0.474 bits per heavy atom. The van der Waals surface area contributed by atoms with Crippen LogP contribution in [0.1, 0.15) is 22.5 Å². The van der Waals surface area contributed by atoms with E-state index < -0.39 is 0 Å². The third kappa shape index (κ3) is 6.19. The molecule has 6 heteroatoms. The van der Waals surface area contributed by atoms with Crippen LogP contribution in [0.4, 0.5) is 0 Å². The van der Waals surface area contributed by atoms with E-state index in [9.17, 15) is 0 Å². The molecule has 0 unspecified atom stereocenters. The van der Waals surface area contributed by atoms with Crippen LogP contribution in [0.25, 0.3) is 83.9 Å². The van der Waals surface area contributed by atoms with Gasteiger partial charge in [-0.25, -0.2) is 19.9 Å². The number of hydrogen-bond donors (Lipinski definition) is 0. The molecule has 270 valence electrons. The van der Waals surface area contributed by atoms with Crippen molar-refractivity contribution >= 4 is 44.3 Å². The normalized spacial score (nSPS) is 11.8. The maximum Gasteiger partial charge on any atom is 0.167 e. The number of nitrogens with zero attached hydrogens (tertiary/aromatic N) is 4. The number of para-hydroxylation sites is 2. The van der Waals surface area contributed by atoms with Crippen LogP contribution in [0.2, 0.25) is 0 Å². The minimum atomic E-state index is 0.544. The fourth-order valence-electron chi connectivity index (χ4n) is 7.44. The summed E-state index contributed by atoms with van der Waals surface area (Å²) < 4.78 is 13.5. The zero-order valence-corrected chi connectivity index (χ0v) is 31.1. The zero-order chi connectivity index (χ0) is 38.3. The van der Waals surface area contributed by atoms with Gasteiger partial charge in [-0.1, -0.05) is 164 Å². The van der Waals surface area contributed by atoms with Gasteiger partial charge in [-0.15, -0.1) is 0 Å². The standard InChI is InChI=1S/C51H34N4O2/c1-32-43-31-38(29-30-44(43)56-46(32)45(35-19-9-4-10-20-35)52-33(2)34-17-7-3-8-18-34)39-25-15-26-40-41-27-16-28-42(48(41)57-47(39)40)51-54-49(36-21-11-5-12-22-36)53-50(55-51)37-23-13-6-14-24-37/h3-31H,2H2,1H3. The molecular formula is C51H34N4O2. The fraction of sp³-hybridized carbons (Fsp3) is 0.0196. The lowest BCUT2D eigenvalue weighted by molar-refractivity contribution is 0.602. The van der Waals surface area contributed by atoms with Crippen LogP contribution < -0.4 is 0 Å². The first kappa shape index (κ1) is 33.8. The van der Waals surface area contributed by atoms with Crippen LogP contribution in [0, 0.1) is 6.92 Å². The lowest BCUT2D eigenvalue weighted by Crippen LogP contribution is -2.04. The molecule has 10 rings (SSSR count). The summed E-state index contributed by atoms with van der Waals surface area (Å²) in [4.78, 5) is 20.0. The van der Waals surface area contributed by atoms with Crippen molar-refractivity contribution in [2.75, 3.05) is 0 Å². The van der Waals surface area contributed by atoms with Gasteiger partial charge < -0.3 is 8.83 Å². The van der Waals surface area contributed by atoms with Gasteiger partial charge in [0.25, 0.3) is 0 Å². The molecule has 10 aromatic rings. The summed E-state index contributed by atoms with van der Waals surface area (Å²) in [6, 6.07) is 58.9. The van der Waals surface area contributed by atoms with Crippen molar-refractivity contribution in [2.24, 2.45) is 4.99 Å². The largest absolute Gasteiger partial charge is 0.455 e. The second-order valence-electron chi connectivity index (χ2n) is 13.9. The Bertz CT molecular complexity index is 3070. The number of rotatable bonds is 8. The van der Waals surface area contributed by atoms with Crippen molar-refractivity contribution in [3.8, 4) is 45.3 Å². The molecular weight excluding hydrogens is 701 g/mol. The number of aromatic nitrogens is 3. The number of aryl methyl sites for hydroxylation is 1. The summed E-state index contributed by atoms with van der Waals surface area (Å²) in [5.41, 5.74) is 11.2. The average molecular weight is 735 g/mol. The topological polar surface area (TPSA) is 77.3 Å². The predicted octanol–water partition coefficient (Wildman–Crippen LogP) is 13.0. The van der Waals surface area contributed by atoms with Crippen molar-refractivity contribution < 1.29 is 8.83 Å². The summed E-state index contributed by atoms with van der Waals surface area (Å²) in [5, 5.41) is 2.99. The van der Waals surface area contributed by atoms with Crippen molar-refractivity contribution in [3.05, 3.63) is 205 Å². The van der Waals surface area contributed by atoms with Gasteiger partial charge in [-0.05, 0) is 36.2 Å². The Labute approximate surface area is 329 Å². The molecule has 57 heavy (non-hydrogen) atoms. The van der Waals surface area contributed by atoms with E-state index in [1.807, 2.05) is 140 Å². The first-order valence-electron chi connectivity index (χ1n) is 18.8. The van der Waals surface area contributed by atoms with Crippen molar-refractivity contribution in [2.45, 2.75) is 6.92 Å². The molecule has 3 heterocycles. The quantitative estimate of drug-likeness (QED) is 0.145. The average Bonchev–Trinajstić information content (AvgIpc) is 3.83. The molecule has 0 aliphatic heterocycles. The predicted molar refractivity (Wildman–Crippen MR) is 231 cm³/mol. The monoisotopic (exact) mass is 734 g/mol. The van der Waals surface area contributed by atoms with Gasteiger partial charge in [0.15, 0.2) is 23.2 Å². The van der Waals surface area contributed by atoms with Crippen molar-refractivity contribution in [3.63, 3.8) is 0 Å². The first-order valence-corrected chi connectivity index (χ1v) is 18.8. The Hall–Kier alpha value is -7.70. The molecule has 6 nitrogen and oxygen atoms in total. The molecule has 0 fully saturated rings. The molecule has 0 aliphatic carbocycles. The van der Waals surface area contributed by atoms with Gasteiger partial charge >= 0.3 is 0 Å². The van der Waals surface area contributed by atoms with E-state index in [0.717, 1.165) is 83.1 Å². The van der Waals surface area contributed by atoms with E-state index >= 15 is 0 Å². The van der Waals surface area contributed by atoms with Gasteiger partial charge in [0.2, 0.25) is 0 Å². The van der Waals surface area contributed by atoms with Crippen LogP contribution in [0.5, 0.6) is 0 Å². The van der Waals surface area contributed by atoms with Crippen LogP contribution in [0.3, 0.4) is 0 Å². The molecule has 0 bridgehead atoms. The lowest BCUT2D eigenvalue weighted by Gasteiger charge is -2.08.